The van der Waals surface area contributed by atoms with Crippen LogP contribution in [0.4, 0.5) is 0 Å². The number of amides is 1. The molecule has 1 amide bonds. The van der Waals surface area contributed by atoms with Crippen molar-refractivity contribution in [1.29, 1.82) is 0 Å². The molecule has 0 radical (unpaired) electrons. The molecule has 0 atom stereocenters. The number of ether oxygens (including phenoxy) is 1. The van der Waals surface area contributed by atoms with Crippen LogP contribution in [-0.4, -0.2) is 22.5 Å². The van der Waals surface area contributed by atoms with Crippen molar-refractivity contribution in [2.24, 2.45) is 0 Å². The summed E-state index contributed by atoms with van der Waals surface area (Å²) in [6.07, 6.45) is 0.940. The maximum atomic E-state index is 11.9. The summed E-state index contributed by atoms with van der Waals surface area (Å²) in [5.74, 6) is 1.27. The first kappa shape index (κ1) is 15.1. The number of nitrogens with zero attached hydrogens (tertiary/aromatic N) is 1. The number of hydrogen-bond acceptors (Lipinski definition) is 3. The van der Waals surface area contributed by atoms with E-state index >= 15 is 0 Å². The maximum Gasteiger partial charge on any atom is 0.258 e. The van der Waals surface area contributed by atoms with Gasteiger partial charge in [-0.15, -0.1) is 0 Å². The van der Waals surface area contributed by atoms with E-state index in [9.17, 15) is 4.79 Å². The number of hydrogen-bond donors (Lipinski definition) is 2. The second-order valence-corrected chi connectivity index (χ2v) is 5.27. The Kier molecular flexibility index (Phi) is 4.57. The summed E-state index contributed by atoms with van der Waals surface area (Å²) < 4.78 is 5.51. The SMILES string of the molecule is CCc1cccc(OCC(=O)NCc2nc3ccccc3[nH]2)c1. The van der Waals surface area contributed by atoms with Gasteiger partial charge >= 0.3 is 0 Å². The van der Waals surface area contributed by atoms with Crippen molar-refractivity contribution in [3.63, 3.8) is 0 Å². The lowest BCUT2D eigenvalue weighted by Crippen LogP contribution is -2.28. The summed E-state index contributed by atoms with van der Waals surface area (Å²) in [4.78, 5) is 19.5. The average molecular weight is 309 g/mol. The zero-order valence-corrected chi connectivity index (χ0v) is 13.0. The van der Waals surface area contributed by atoms with E-state index in [-0.39, 0.29) is 12.5 Å². The van der Waals surface area contributed by atoms with Crippen LogP contribution < -0.4 is 10.1 Å². The normalized spacial score (nSPS) is 10.7. The molecule has 1 heterocycles. The van der Waals surface area contributed by atoms with Gasteiger partial charge in [-0.05, 0) is 36.2 Å². The number of nitrogens with one attached hydrogen (secondary N) is 2. The molecule has 0 aliphatic rings. The third-order valence-corrected chi connectivity index (χ3v) is 3.57. The molecule has 1 aromatic heterocycles. The van der Waals surface area contributed by atoms with Gasteiger partial charge < -0.3 is 15.0 Å². The summed E-state index contributed by atoms with van der Waals surface area (Å²) in [6.45, 7) is 2.43. The highest BCUT2D eigenvalue weighted by Gasteiger charge is 2.06. The Hall–Kier alpha value is -2.82. The van der Waals surface area contributed by atoms with E-state index in [1.54, 1.807) is 0 Å². The van der Waals surface area contributed by atoms with Crippen molar-refractivity contribution in [2.45, 2.75) is 19.9 Å². The van der Waals surface area contributed by atoms with Crippen LogP contribution in [0.15, 0.2) is 48.5 Å². The number of aryl methyl sites for hydroxylation is 1. The second kappa shape index (κ2) is 6.96. The molecular formula is C18H19N3O2. The monoisotopic (exact) mass is 309 g/mol. The van der Waals surface area contributed by atoms with Crippen LogP contribution in [-0.2, 0) is 17.8 Å². The minimum absolute atomic E-state index is 0.00655. The number of rotatable bonds is 6. The molecule has 0 saturated heterocycles. The Morgan fingerprint density at radius 2 is 2.09 bits per heavy atom. The smallest absolute Gasteiger partial charge is 0.258 e. The predicted octanol–water partition coefficient (Wildman–Crippen LogP) is 2.82. The molecular weight excluding hydrogens is 290 g/mol. The minimum Gasteiger partial charge on any atom is -0.484 e. The molecule has 5 heteroatoms. The van der Waals surface area contributed by atoms with Crippen molar-refractivity contribution in [2.75, 3.05) is 6.61 Å². The largest absolute Gasteiger partial charge is 0.484 e. The van der Waals surface area contributed by atoms with Crippen LogP contribution in [0.2, 0.25) is 0 Å². The van der Waals surface area contributed by atoms with Crippen LogP contribution >= 0.6 is 0 Å². The van der Waals surface area contributed by atoms with Crippen LogP contribution in [0, 0.1) is 0 Å². The van der Waals surface area contributed by atoms with Gasteiger partial charge in [-0.3, -0.25) is 4.79 Å². The van der Waals surface area contributed by atoms with Gasteiger partial charge in [0.25, 0.3) is 5.91 Å². The third kappa shape index (κ3) is 3.88. The molecule has 5 nitrogen and oxygen atoms in total. The van der Waals surface area contributed by atoms with Gasteiger partial charge in [0.1, 0.15) is 11.6 Å². The first-order valence-electron chi connectivity index (χ1n) is 7.66. The molecule has 2 aromatic carbocycles. The maximum absolute atomic E-state index is 11.9. The molecule has 0 aliphatic carbocycles. The van der Waals surface area contributed by atoms with Crippen molar-refractivity contribution in [3.8, 4) is 5.75 Å². The van der Waals surface area contributed by atoms with Gasteiger partial charge in [-0.25, -0.2) is 4.98 Å². The lowest BCUT2D eigenvalue weighted by molar-refractivity contribution is -0.123. The van der Waals surface area contributed by atoms with E-state index < -0.39 is 0 Å². The molecule has 0 unspecified atom stereocenters. The van der Waals surface area contributed by atoms with Crippen molar-refractivity contribution < 1.29 is 9.53 Å². The van der Waals surface area contributed by atoms with E-state index in [4.69, 9.17) is 4.74 Å². The molecule has 2 N–H and O–H groups in total. The Morgan fingerprint density at radius 1 is 1.22 bits per heavy atom. The summed E-state index contributed by atoms with van der Waals surface area (Å²) in [5.41, 5.74) is 3.04. The summed E-state index contributed by atoms with van der Waals surface area (Å²) in [5, 5.41) is 2.80. The molecule has 23 heavy (non-hydrogen) atoms. The molecule has 0 bridgehead atoms. The average Bonchev–Trinajstić information content (AvgIpc) is 3.01. The van der Waals surface area contributed by atoms with E-state index in [0.29, 0.717) is 12.3 Å². The zero-order valence-electron chi connectivity index (χ0n) is 13.0. The lowest BCUT2D eigenvalue weighted by Gasteiger charge is -2.07. The van der Waals surface area contributed by atoms with E-state index in [1.165, 1.54) is 5.56 Å². The molecule has 3 aromatic rings. The third-order valence-electron chi connectivity index (χ3n) is 3.57. The van der Waals surface area contributed by atoms with Gasteiger partial charge in [0, 0.05) is 0 Å². The molecule has 118 valence electrons. The zero-order chi connectivity index (χ0) is 16.1. The second-order valence-electron chi connectivity index (χ2n) is 5.27. The van der Waals surface area contributed by atoms with Crippen LogP contribution in [0.3, 0.4) is 0 Å². The minimum atomic E-state index is -0.174. The van der Waals surface area contributed by atoms with Crippen LogP contribution in [0.25, 0.3) is 11.0 Å². The van der Waals surface area contributed by atoms with E-state index in [0.717, 1.165) is 23.3 Å². The fourth-order valence-corrected chi connectivity index (χ4v) is 2.33. The molecule has 0 fully saturated rings. The number of fused-ring (bicyclic) bond motifs is 1. The van der Waals surface area contributed by atoms with Crippen molar-refractivity contribution >= 4 is 16.9 Å². The number of H-pyrrole nitrogens is 1. The highest BCUT2D eigenvalue weighted by Crippen LogP contribution is 2.13. The Morgan fingerprint density at radius 3 is 2.91 bits per heavy atom. The van der Waals surface area contributed by atoms with Gasteiger partial charge in [0.2, 0.25) is 0 Å². The predicted molar refractivity (Wildman–Crippen MR) is 89.3 cm³/mol. The standard InChI is InChI=1S/C18H19N3O2/c1-2-13-6-5-7-14(10-13)23-12-18(22)19-11-17-20-15-8-3-4-9-16(15)21-17/h3-10H,2,11-12H2,1H3,(H,19,22)(H,20,21). The summed E-state index contributed by atoms with van der Waals surface area (Å²) in [6, 6.07) is 15.5. The molecule has 3 rings (SSSR count). The van der Waals surface area contributed by atoms with E-state index in [2.05, 4.69) is 22.2 Å². The summed E-state index contributed by atoms with van der Waals surface area (Å²) in [7, 11) is 0. The molecule has 0 spiro atoms. The van der Waals surface area contributed by atoms with Gasteiger partial charge in [-0.1, -0.05) is 31.2 Å². The number of carbonyl (C=O) groups excluding carboxylic acids is 1. The Labute approximate surface area is 134 Å². The Bertz CT molecular complexity index is 778. The van der Waals surface area contributed by atoms with Gasteiger partial charge in [-0.2, -0.15) is 0 Å². The fourth-order valence-electron chi connectivity index (χ4n) is 2.33. The number of imidazole rings is 1. The van der Waals surface area contributed by atoms with Crippen molar-refractivity contribution in [1.82, 2.24) is 15.3 Å². The topological polar surface area (TPSA) is 67.0 Å². The van der Waals surface area contributed by atoms with Gasteiger partial charge in [0.05, 0.1) is 17.6 Å². The number of aromatic amines is 1. The van der Waals surface area contributed by atoms with Crippen LogP contribution in [0.5, 0.6) is 5.75 Å². The first-order chi connectivity index (χ1) is 11.2. The highest BCUT2D eigenvalue weighted by molar-refractivity contribution is 5.78. The number of para-hydroxylation sites is 2. The van der Waals surface area contributed by atoms with Gasteiger partial charge in [0.15, 0.2) is 6.61 Å². The quantitative estimate of drug-likeness (QED) is 0.736. The highest BCUT2D eigenvalue weighted by atomic mass is 16.5. The fraction of sp³-hybridized carbons (Fsp3) is 0.222. The van der Waals surface area contributed by atoms with E-state index in [1.807, 2.05) is 48.5 Å². The number of carbonyl (C=O) groups is 1. The first-order valence-corrected chi connectivity index (χ1v) is 7.66. The Balaban J connectivity index is 1.51. The number of aromatic nitrogens is 2. The van der Waals surface area contributed by atoms with Crippen molar-refractivity contribution in [3.05, 3.63) is 59.9 Å². The molecule has 0 aliphatic heterocycles. The summed E-state index contributed by atoms with van der Waals surface area (Å²) >= 11 is 0. The van der Waals surface area contributed by atoms with Crippen LogP contribution in [0.1, 0.15) is 18.3 Å². The lowest BCUT2D eigenvalue weighted by atomic mass is 10.2. The molecule has 0 saturated carbocycles. The number of benzene rings is 2.